The first kappa shape index (κ1) is 23.7. The summed E-state index contributed by atoms with van der Waals surface area (Å²) >= 11 is 0. The van der Waals surface area contributed by atoms with Crippen molar-refractivity contribution in [2.45, 2.75) is 26.4 Å². The highest BCUT2D eigenvalue weighted by Gasteiger charge is 2.39. The highest BCUT2D eigenvalue weighted by Crippen LogP contribution is 2.45. The van der Waals surface area contributed by atoms with Crippen LogP contribution in [0.2, 0.25) is 0 Å². The van der Waals surface area contributed by atoms with E-state index in [1.165, 1.54) is 5.56 Å². The van der Waals surface area contributed by atoms with Crippen LogP contribution in [0.25, 0.3) is 0 Å². The maximum atomic E-state index is 12.4. The molecule has 3 atom stereocenters. The third kappa shape index (κ3) is 5.25. The average Bonchev–Trinajstić information content (AvgIpc) is 3.23. The van der Waals surface area contributed by atoms with Crippen molar-refractivity contribution in [3.8, 4) is 17.2 Å². The normalized spacial score (nSPS) is 20.7. The number of benzene rings is 2. The van der Waals surface area contributed by atoms with E-state index in [9.17, 15) is 4.79 Å². The fraction of sp³-hybridized carbons (Fsp3) is 0.423. The van der Waals surface area contributed by atoms with Crippen LogP contribution < -0.4 is 19.5 Å². The molecule has 0 aliphatic carbocycles. The van der Waals surface area contributed by atoms with Crippen molar-refractivity contribution in [1.29, 1.82) is 0 Å². The van der Waals surface area contributed by atoms with Crippen LogP contribution in [0.3, 0.4) is 0 Å². The van der Waals surface area contributed by atoms with Gasteiger partial charge in [-0.2, -0.15) is 0 Å². The number of methoxy groups -OCH3 is 3. The van der Waals surface area contributed by atoms with E-state index in [2.05, 4.69) is 17.4 Å². The molecule has 1 aliphatic heterocycles. The summed E-state index contributed by atoms with van der Waals surface area (Å²) in [6.07, 6.45) is 2.49. The number of hydrogen-bond donors (Lipinski definition) is 1. The highest BCUT2D eigenvalue weighted by molar-refractivity contribution is 5.92. The Morgan fingerprint density at radius 3 is 2.31 bits per heavy atom. The summed E-state index contributed by atoms with van der Waals surface area (Å²) in [6, 6.07) is 14.2. The fourth-order valence-corrected chi connectivity index (χ4v) is 4.21. The third-order valence-electron chi connectivity index (χ3n) is 6.13. The summed E-state index contributed by atoms with van der Waals surface area (Å²) in [5.41, 5.74) is 2.90. The van der Waals surface area contributed by atoms with Gasteiger partial charge in [0.1, 0.15) is 0 Å². The zero-order valence-corrected chi connectivity index (χ0v) is 19.5. The van der Waals surface area contributed by atoms with E-state index in [0.29, 0.717) is 36.0 Å². The lowest BCUT2D eigenvalue weighted by atomic mass is 9.83. The molecular weight excluding hydrogens is 406 g/mol. The molecule has 172 valence electrons. The lowest BCUT2D eigenvalue weighted by molar-refractivity contribution is -0.117. The lowest BCUT2D eigenvalue weighted by Crippen LogP contribution is -2.34. The molecule has 32 heavy (non-hydrogen) atoms. The molecule has 0 saturated carbocycles. The topological polar surface area (TPSA) is 66.0 Å². The molecule has 1 fully saturated rings. The maximum absolute atomic E-state index is 12.4. The molecule has 0 bridgehead atoms. The van der Waals surface area contributed by atoms with Crippen LogP contribution in [0.1, 0.15) is 31.1 Å². The van der Waals surface area contributed by atoms with Gasteiger partial charge in [0.25, 0.3) is 0 Å². The molecule has 1 amide bonds. The molecule has 2 aromatic rings. The van der Waals surface area contributed by atoms with Crippen molar-refractivity contribution < 1.29 is 23.7 Å². The Kier molecular flexibility index (Phi) is 8.17. The first-order chi connectivity index (χ1) is 15.5. The van der Waals surface area contributed by atoms with E-state index >= 15 is 0 Å². The Morgan fingerprint density at radius 2 is 1.75 bits per heavy atom. The molecule has 2 aromatic carbocycles. The van der Waals surface area contributed by atoms with Crippen LogP contribution in [0.15, 0.2) is 54.1 Å². The van der Waals surface area contributed by atoms with Crippen molar-refractivity contribution in [3.05, 3.63) is 65.2 Å². The van der Waals surface area contributed by atoms with Crippen LogP contribution in [0.5, 0.6) is 17.2 Å². The van der Waals surface area contributed by atoms with Gasteiger partial charge in [-0.25, -0.2) is 0 Å². The first-order valence-electron chi connectivity index (χ1n) is 10.9. The molecule has 0 spiro atoms. The molecule has 6 heteroatoms. The van der Waals surface area contributed by atoms with E-state index < -0.39 is 0 Å². The second kappa shape index (κ2) is 11.0. The van der Waals surface area contributed by atoms with E-state index in [-0.39, 0.29) is 23.8 Å². The van der Waals surface area contributed by atoms with Gasteiger partial charge in [0, 0.05) is 18.0 Å². The van der Waals surface area contributed by atoms with Crippen molar-refractivity contribution in [2.24, 2.45) is 11.8 Å². The van der Waals surface area contributed by atoms with Crippen LogP contribution in [0.4, 0.5) is 0 Å². The van der Waals surface area contributed by atoms with Crippen LogP contribution in [-0.2, 0) is 16.0 Å². The van der Waals surface area contributed by atoms with Gasteiger partial charge in [-0.1, -0.05) is 36.4 Å². The van der Waals surface area contributed by atoms with Crippen molar-refractivity contribution in [1.82, 2.24) is 5.32 Å². The minimum absolute atomic E-state index is 0.0542. The minimum atomic E-state index is -0.205. The second-order valence-electron chi connectivity index (χ2n) is 8.01. The Balaban J connectivity index is 1.91. The van der Waals surface area contributed by atoms with Crippen LogP contribution >= 0.6 is 0 Å². The number of carbonyl (C=O) groups excluding carboxylic acids is 1. The molecule has 1 saturated heterocycles. The van der Waals surface area contributed by atoms with Gasteiger partial charge < -0.3 is 24.3 Å². The second-order valence-corrected chi connectivity index (χ2v) is 8.01. The van der Waals surface area contributed by atoms with Gasteiger partial charge in [-0.05, 0) is 49.4 Å². The van der Waals surface area contributed by atoms with Crippen molar-refractivity contribution in [2.75, 3.05) is 34.5 Å². The molecule has 6 nitrogen and oxygen atoms in total. The van der Waals surface area contributed by atoms with Gasteiger partial charge in [0.15, 0.2) is 11.5 Å². The number of ether oxygens (including phenoxy) is 4. The molecule has 1 aliphatic rings. The maximum Gasteiger partial charge on any atom is 0.246 e. The zero-order valence-electron chi connectivity index (χ0n) is 19.5. The lowest BCUT2D eigenvalue weighted by Gasteiger charge is -2.25. The SMILES string of the molecule is C/C=C(/C)C(=O)NC[C@H]1[C@@H](Cc2ccccc2)CO[C@@H]1c1cc(OC)c(OC)c(OC)c1. The standard InChI is InChI=1S/C26H33NO5/c1-6-17(2)26(28)27-15-21-20(12-18-10-8-7-9-11-18)16-32-24(21)19-13-22(29-3)25(31-5)23(14-19)30-4/h6-11,13-14,20-21,24H,12,15-16H2,1-5H3,(H,27,28)/b17-6-/t20-,21-,24+/m0/s1. The van der Waals surface area contributed by atoms with Gasteiger partial charge in [-0.3, -0.25) is 4.79 Å². The van der Waals surface area contributed by atoms with Gasteiger partial charge >= 0.3 is 0 Å². The summed E-state index contributed by atoms with van der Waals surface area (Å²) in [7, 11) is 4.79. The van der Waals surface area contributed by atoms with Crippen LogP contribution in [0, 0.1) is 11.8 Å². The predicted molar refractivity (Wildman–Crippen MR) is 124 cm³/mol. The molecule has 1 N–H and O–H groups in total. The van der Waals surface area contributed by atoms with Gasteiger partial charge in [0.05, 0.1) is 34.0 Å². The largest absolute Gasteiger partial charge is 0.493 e. The highest BCUT2D eigenvalue weighted by atomic mass is 16.5. The van der Waals surface area contributed by atoms with E-state index in [1.807, 2.05) is 50.3 Å². The first-order valence-corrected chi connectivity index (χ1v) is 10.9. The molecule has 1 heterocycles. The smallest absolute Gasteiger partial charge is 0.246 e. The summed E-state index contributed by atoms with van der Waals surface area (Å²) < 4.78 is 22.9. The van der Waals surface area contributed by atoms with Gasteiger partial charge in [-0.15, -0.1) is 0 Å². The minimum Gasteiger partial charge on any atom is -0.493 e. The summed E-state index contributed by atoms with van der Waals surface area (Å²) in [6.45, 7) is 4.81. The Hall–Kier alpha value is -2.99. The number of rotatable bonds is 9. The monoisotopic (exact) mass is 439 g/mol. The Labute approximate surface area is 190 Å². The zero-order chi connectivity index (χ0) is 23.1. The molecule has 0 aromatic heterocycles. The number of allylic oxidation sites excluding steroid dienone is 1. The number of nitrogens with one attached hydrogen (secondary N) is 1. The third-order valence-corrected chi connectivity index (χ3v) is 6.13. The Bertz CT molecular complexity index is 915. The van der Waals surface area contributed by atoms with E-state index in [0.717, 1.165) is 12.0 Å². The van der Waals surface area contributed by atoms with Crippen LogP contribution in [-0.4, -0.2) is 40.4 Å². The van der Waals surface area contributed by atoms with Crippen molar-refractivity contribution >= 4 is 5.91 Å². The predicted octanol–water partition coefficient (Wildman–Crippen LogP) is 4.34. The number of amides is 1. The average molecular weight is 440 g/mol. The Morgan fingerprint density at radius 1 is 1.09 bits per heavy atom. The molecule has 3 rings (SSSR count). The summed E-state index contributed by atoms with van der Waals surface area (Å²) in [4.78, 5) is 12.4. The van der Waals surface area contributed by atoms with E-state index in [1.54, 1.807) is 21.3 Å². The number of carbonyl (C=O) groups is 1. The summed E-state index contributed by atoms with van der Waals surface area (Å²) in [5.74, 6) is 2.01. The molecule has 0 unspecified atom stereocenters. The van der Waals surface area contributed by atoms with Crippen molar-refractivity contribution in [3.63, 3.8) is 0 Å². The van der Waals surface area contributed by atoms with Gasteiger partial charge in [0.2, 0.25) is 11.7 Å². The summed E-state index contributed by atoms with van der Waals surface area (Å²) in [5, 5.41) is 3.10. The fourth-order valence-electron chi connectivity index (χ4n) is 4.21. The molecule has 0 radical (unpaired) electrons. The van der Waals surface area contributed by atoms with E-state index in [4.69, 9.17) is 18.9 Å². The quantitative estimate of drug-likeness (QED) is 0.589. The molecular formula is C26H33NO5. The number of hydrogen-bond acceptors (Lipinski definition) is 5.